The molecule has 128 valence electrons. The van der Waals surface area contributed by atoms with Gasteiger partial charge in [0.05, 0.1) is 11.4 Å². The molecule has 0 aromatic heterocycles. The smallest absolute Gasteiger partial charge is 0.293 e. The van der Waals surface area contributed by atoms with Gasteiger partial charge in [0.15, 0.2) is 0 Å². The van der Waals surface area contributed by atoms with E-state index in [0.717, 1.165) is 33.7 Å². The molecule has 0 spiro atoms. The van der Waals surface area contributed by atoms with Crippen LogP contribution in [0.3, 0.4) is 0 Å². The normalized spacial score (nSPS) is 16.0. The Balaban J connectivity index is 1.62. The Labute approximate surface area is 154 Å². The summed E-state index contributed by atoms with van der Waals surface area (Å²) in [7, 11) is 0. The molecule has 0 radical (unpaired) electrons. The number of amides is 2. The molecule has 1 aliphatic rings. The van der Waals surface area contributed by atoms with Crippen molar-refractivity contribution < 1.29 is 14.7 Å². The summed E-state index contributed by atoms with van der Waals surface area (Å²) < 4.78 is 0. The molecule has 0 bridgehead atoms. The number of carbonyl (C=O) groups excluding carboxylic acids is 2. The van der Waals surface area contributed by atoms with Gasteiger partial charge in [0, 0.05) is 0 Å². The third kappa shape index (κ3) is 3.09. The first-order valence-electron chi connectivity index (χ1n) is 8.13. The summed E-state index contributed by atoms with van der Waals surface area (Å²) >= 11 is 0.942. The van der Waals surface area contributed by atoms with Gasteiger partial charge >= 0.3 is 0 Å². The topological polar surface area (TPSA) is 57.6 Å². The van der Waals surface area contributed by atoms with Crippen LogP contribution in [-0.2, 0) is 11.3 Å². The number of benzene rings is 3. The second kappa shape index (κ2) is 6.69. The summed E-state index contributed by atoms with van der Waals surface area (Å²) in [4.78, 5) is 26.7. The fourth-order valence-corrected chi connectivity index (χ4v) is 3.80. The predicted octanol–water partition coefficient (Wildman–Crippen LogP) is 4.78. The fraction of sp³-hybridized carbons (Fsp3) is 0.0476. The van der Waals surface area contributed by atoms with E-state index in [9.17, 15) is 14.7 Å². The lowest BCUT2D eigenvalue weighted by atomic mass is 10.0. The molecule has 1 N–H and O–H groups in total. The molecule has 0 aliphatic carbocycles. The number of hydrogen-bond acceptors (Lipinski definition) is 4. The van der Waals surface area contributed by atoms with E-state index < -0.39 is 0 Å². The van der Waals surface area contributed by atoms with Crippen molar-refractivity contribution in [2.45, 2.75) is 6.54 Å². The quantitative estimate of drug-likeness (QED) is 0.682. The highest BCUT2D eigenvalue weighted by molar-refractivity contribution is 8.18. The molecule has 4 nitrogen and oxygen atoms in total. The first-order chi connectivity index (χ1) is 12.6. The van der Waals surface area contributed by atoms with Gasteiger partial charge in [-0.05, 0) is 51.9 Å². The van der Waals surface area contributed by atoms with Crippen LogP contribution in [0.25, 0.3) is 16.8 Å². The van der Waals surface area contributed by atoms with E-state index in [-0.39, 0.29) is 23.4 Å². The van der Waals surface area contributed by atoms with Crippen LogP contribution in [0.4, 0.5) is 4.79 Å². The SMILES string of the molecule is O=C1S/C(=C/c2ccc(O)cc2)C(=O)N1Cc1cccc2ccccc12. The number of phenols is 1. The van der Waals surface area contributed by atoms with Crippen molar-refractivity contribution in [2.75, 3.05) is 0 Å². The molecule has 4 rings (SSSR count). The number of rotatable bonds is 3. The maximum atomic E-state index is 12.7. The van der Waals surface area contributed by atoms with Crippen molar-refractivity contribution in [1.29, 1.82) is 0 Å². The molecular weight excluding hydrogens is 346 g/mol. The minimum Gasteiger partial charge on any atom is -0.508 e. The van der Waals surface area contributed by atoms with Crippen LogP contribution < -0.4 is 0 Å². The Morgan fingerprint density at radius 1 is 0.923 bits per heavy atom. The van der Waals surface area contributed by atoms with E-state index in [1.165, 1.54) is 4.90 Å². The van der Waals surface area contributed by atoms with Gasteiger partial charge in [0.2, 0.25) is 0 Å². The Morgan fingerprint density at radius 2 is 1.65 bits per heavy atom. The van der Waals surface area contributed by atoms with Crippen molar-refractivity contribution in [2.24, 2.45) is 0 Å². The van der Waals surface area contributed by atoms with Crippen LogP contribution in [0.15, 0.2) is 71.6 Å². The predicted molar refractivity (Wildman–Crippen MR) is 104 cm³/mol. The molecule has 2 amide bonds. The second-order valence-corrected chi connectivity index (χ2v) is 6.99. The van der Waals surface area contributed by atoms with Gasteiger partial charge in [0.25, 0.3) is 11.1 Å². The molecule has 0 atom stereocenters. The number of aromatic hydroxyl groups is 1. The summed E-state index contributed by atoms with van der Waals surface area (Å²) in [5.74, 6) is -0.132. The highest BCUT2D eigenvalue weighted by Crippen LogP contribution is 2.34. The van der Waals surface area contributed by atoms with Gasteiger partial charge in [-0.1, -0.05) is 54.6 Å². The van der Waals surface area contributed by atoms with Crippen LogP contribution in [0, 0.1) is 0 Å². The van der Waals surface area contributed by atoms with E-state index in [0.29, 0.717) is 4.91 Å². The van der Waals surface area contributed by atoms with Crippen molar-refractivity contribution in [1.82, 2.24) is 4.90 Å². The Morgan fingerprint density at radius 3 is 2.46 bits per heavy atom. The third-order valence-electron chi connectivity index (χ3n) is 4.27. The first-order valence-corrected chi connectivity index (χ1v) is 8.94. The zero-order valence-corrected chi connectivity index (χ0v) is 14.6. The monoisotopic (exact) mass is 361 g/mol. The van der Waals surface area contributed by atoms with E-state index in [1.807, 2.05) is 42.5 Å². The molecule has 1 heterocycles. The Hall–Kier alpha value is -3.05. The van der Waals surface area contributed by atoms with Gasteiger partial charge in [-0.3, -0.25) is 14.5 Å². The molecule has 1 aliphatic heterocycles. The third-order valence-corrected chi connectivity index (χ3v) is 5.18. The van der Waals surface area contributed by atoms with Crippen molar-refractivity contribution >= 4 is 39.8 Å². The first kappa shape index (κ1) is 16.4. The zero-order chi connectivity index (χ0) is 18.1. The van der Waals surface area contributed by atoms with Gasteiger partial charge < -0.3 is 5.11 Å². The van der Waals surface area contributed by atoms with Crippen LogP contribution in [0.2, 0.25) is 0 Å². The number of hydrogen-bond donors (Lipinski definition) is 1. The summed E-state index contributed by atoms with van der Waals surface area (Å²) in [6.07, 6.45) is 1.67. The fourth-order valence-electron chi connectivity index (χ4n) is 2.96. The molecule has 0 saturated carbocycles. The number of phenolic OH excluding ortho intramolecular Hbond substituents is 1. The largest absolute Gasteiger partial charge is 0.508 e. The van der Waals surface area contributed by atoms with E-state index in [2.05, 4.69) is 0 Å². The number of carbonyl (C=O) groups is 2. The van der Waals surface area contributed by atoms with Crippen LogP contribution in [0.1, 0.15) is 11.1 Å². The highest BCUT2D eigenvalue weighted by Gasteiger charge is 2.35. The maximum Gasteiger partial charge on any atom is 0.293 e. The van der Waals surface area contributed by atoms with E-state index >= 15 is 0 Å². The standard InChI is InChI=1S/C21H15NO3S/c23-17-10-8-14(9-11-17)12-19-20(24)22(21(25)26-19)13-16-6-3-5-15-4-1-2-7-18(15)16/h1-12,23H,13H2/b19-12+. The average molecular weight is 361 g/mol. The number of thioether (sulfide) groups is 1. The number of fused-ring (bicyclic) bond motifs is 1. The molecule has 1 fully saturated rings. The Kier molecular flexibility index (Phi) is 4.22. The van der Waals surface area contributed by atoms with E-state index in [4.69, 9.17) is 0 Å². The molecule has 3 aromatic rings. The molecule has 3 aromatic carbocycles. The minimum absolute atomic E-state index is 0.159. The van der Waals surface area contributed by atoms with Crippen LogP contribution in [-0.4, -0.2) is 21.2 Å². The van der Waals surface area contributed by atoms with Crippen LogP contribution in [0.5, 0.6) is 5.75 Å². The summed E-state index contributed by atoms with van der Waals surface area (Å²) in [5.41, 5.74) is 1.70. The summed E-state index contributed by atoms with van der Waals surface area (Å²) in [5, 5.41) is 11.2. The van der Waals surface area contributed by atoms with Gasteiger partial charge in [-0.25, -0.2) is 0 Å². The second-order valence-electron chi connectivity index (χ2n) is 6.00. The van der Waals surface area contributed by atoms with Gasteiger partial charge in [0.1, 0.15) is 5.75 Å². The lowest BCUT2D eigenvalue weighted by Gasteiger charge is -2.14. The summed E-state index contributed by atoms with van der Waals surface area (Å²) in [6, 6.07) is 20.3. The Bertz CT molecular complexity index is 1040. The average Bonchev–Trinajstić information content (AvgIpc) is 2.91. The van der Waals surface area contributed by atoms with Crippen LogP contribution >= 0.6 is 11.8 Å². The molecule has 1 saturated heterocycles. The minimum atomic E-state index is -0.291. The van der Waals surface area contributed by atoms with Gasteiger partial charge in [-0.2, -0.15) is 0 Å². The molecule has 26 heavy (non-hydrogen) atoms. The number of imide groups is 1. The maximum absolute atomic E-state index is 12.7. The lowest BCUT2D eigenvalue weighted by Crippen LogP contribution is -2.27. The molecular formula is C21H15NO3S. The van der Waals surface area contributed by atoms with E-state index in [1.54, 1.807) is 30.3 Å². The zero-order valence-electron chi connectivity index (χ0n) is 13.8. The molecule has 0 unspecified atom stereocenters. The van der Waals surface area contributed by atoms with Crippen molar-refractivity contribution in [3.05, 3.63) is 82.8 Å². The molecule has 5 heteroatoms. The number of nitrogens with zero attached hydrogens (tertiary/aromatic N) is 1. The van der Waals surface area contributed by atoms with Crippen molar-refractivity contribution in [3.63, 3.8) is 0 Å². The van der Waals surface area contributed by atoms with Crippen molar-refractivity contribution in [3.8, 4) is 5.75 Å². The van der Waals surface area contributed by atoms with Gasteiger partial charge in [-0.15, -0.1) is 0 Å². The summed E-state index contributed by atoms with van der Waals surface area (Å²) in [6.45, 7) is 0.249. The lowest BCUT2D eigenvalue weighted by molar-refractivity contribution is -0.123. The highest BCUT2D eigenvalue weighted by atomic mass is 32.2.